The minimum Gasteiger partial charge on any atom is -0.376 e. The predicted octanol–water partition coefficient (Wildman–Crippen LogP) is 4.08. The van der Waals surface area contributed by atoms with Crippen LogP contribution >= 0.6 is 11.3 Å². The number of aryl methyl sites for hydroxylation is 2. The Morgan fingerprint density at radius 3 is 2.39 bits per heavy atom. The van der Waals surface area contributed by atoms with Crippen molar-refractivity contribution in [2.75, 3.05) is 38.4 Å². The molecule has 0 aliphatic heterocycles. The molecule has 162 valence electrons. The molecular formula is C23H25N3O3S2. The van der Waals surface area contributed by atoms with Crippen LogP contribution in [0.2, 0.25) is 0 Å². The molecule has 8 heteroatoms. The maximum Gasteiger partial charge on any atom is 0.265 e. The van der Waals surface area contributed by atoms with E-state index in [1.54, 1.807) is 12.1 Å². The number of carbonyl (C=O) groups excluding carboxylic acids is 1. The van der Waals surface area contributed by atoms with Crippen molar-refractivity contribution in [1.82, 2.24) is 4.31 Å². The second kappa shape index (κ2) is 8.11. The van der Waals surface area contributed by atoms with E-state index in [4.69, 9.17) is 0 Å². The monoisotopic (exact) mass is 455 g/mol. The molecule has 1 N–H and O–H groups in total. The van der Waals surface area contributed by atoms with Crippen molar-refractivity contribution in [3.8, 4) is 10.4 Å². The van der Waals surface area contributed by atoms with E-state index in [2.05, 4.69) is 17.4 Å². The topological polar surface area (TPSA) is 69.7 Å². The van der Waals surface area contributed by atoms with Gasteiger partial charge in [0.2, 0.25) is 10.0 Å². The van der Waals surface area contributed by atoms with Crippen molar-refractivity contribution >= 4 is 38.6 Å². The highest BCUT2D eigenvalue weighted by molar-refractivity contribution is 7.89. The molecule has 0 saturated heterocycles. The van der Waals surface area contributed by atoms with Gasteiger partial charge in [0.1, 0.15) is 0 Å². The summed E-state index contributed by atoms with van der Waals surface area (Å²) in [6.07, 6.45) is 1.88. The predicted molar refractivity (Wildman–Crippen MR) is 127 cm³/mol. The van der Waals surface area contributed by atoms with Gasteiger partial charge in [-0.1, -0.05) is 24.3 Å². The van der Waals surface area contributed by atoms with Gasteiger partial charge in [0.05, 0.1) is 21.1 Å². The molecule has 0 saturated carbocycles. The summed E-state index contributed by atoms with van der Waals surface area (Å²) >= 11 is 1.48. The lowest BCUT2D eigenvalue weighted by Gasteiger charge is -2.20. The Bertz CT molecular complexity index is 1260. The molecule has 1 aromatic heterocycles. The molecule has 3 aromatic rings. The van der Waals surface area contributed by atoms with Crippen LogP contribution in [0.5, 0.6) is 0 Å². The Hall–Kier alpha value is -2.68. The number of sulfonamides is 1. The Morgan fingerprint density at radius 2 is 1.68 bits per heavy atom. The van der Waals surface area contributed by atoms with Crippen LogP contribution in [0.15, 0.2) is 53.4 Å². The van der Waals surface area contributed by atoms with Gasteiger partial charge in [-0.05, 0) is 53.8 Å². The molecule has 0 atom stereocenters. The molecule has 1 amide bonds. The summed E-state index contributed by atoms with van der Waals surface area (Å²) in [6.45, 7) is 0. The molecule has 0 bridgehead atoms. The molecule has 4 rings (SSSR count). The van der Waals surface area contributed by atoms with Crippen molar-refractivity contribution in [3.63, 3.8) is 0 Å². The number of benzene rings is 2. The van der Waals surface area contributed by atoms with Gasteiger partial charge in [0.15, 0.2) is 0 Å². The molecule has 31 heavy (non-hydrogen) atoms. The zero-order chi connectivity index (χ0) is 22.3. The molecule has 2 aromatic carbocycles. The third kappa shape index (κ3) is 3.98. The van der Waals surface area contributed by atoms with Crippen LogP contribution in [0.25, 0.3) is 10.4 Å². The second-order valence-corrected chi connectivity index (χ2v) is 11.1. The molecule has 1 aliphatic rings. The molecule has 0 radical (unpaired) electrons. The minimum atomic E-state index is -3.61. The van der Waals surface area contributed by atoms with Crippen LogP contribution in [0.3, 0.4) is 0 Å². The SMILES string of the molecule is CN(C)c1ccc(S(=O)(=O)N(C)C)cc1NC(=O)c1cc2c(s1)-c1ccccc1CC2. The number of thiophene rings is 1. The maximum absolute atomic E-state index is 13.1. The second-order valence-electron chi connectivity index (χ2n) is 7.94. The molecule has 0 fully saturated rings. The first-order chi connectivity index (χ1) is 14.7. The fourth-order valence-corrected chi connectivity index (χ4v) is 5.84. The molecule has 6 nitrogen and oxygen atoms in total. The van der Waals surface area contributed by atoms with E-state index in [0.717, 1.165) is 27.7 Å². The number of anilines is 2. The summed E-state index contributed by atoms with van der Waals surface area (Å²) in [6, 6.07) is 15.0. The Labute approximate surface area is 187 Å². The van der Waals surface area contributed by atoms with Gasteiger partial charge in [-0.3, -0.25) is 4.79 Å². The van der Waals surface area contributed by atoms with Gasteiger partial charge in [-0.2, -0.15) is 0 Å². The number of rotatable bonds is 5. The standard InChI is InChI=1S/C23H25N3O3S2/c1-25(2)20-12-11-17(31(28,29)26(3)4)14-19(20)24-23(27)21-13-16-10-9-15-7-5-6-8-18(15)22(16)30-21/h5-8,11-14H,9-10H2,1-4H3,(H,24,27). The van der Waals surface area contributed by atoms with Crippen molar-refractivity contribution in [1.29, 1.82) is 0 Å². The first-order valence-electron chi connectivity index (χ1n) is 9.94. The number of carbonyl (C=O) groups is 1. The van der Waals surface area contributed by atoms with Gasteiger partial charge in [0, 0.05) is 33.1 Å². The molecule has 0 spiro atoms. The molecule has 1 heterocycles. The van der Waals surface area contributed by atoms with Crippen LogP contribution in [0, 0.1) is 0 Å². The number of amides is 1. The van der Waals surface area contributed by atoms with Gasteiger partial charge < -0.3 is 10.2 Å². The Morgan fingerprint density at radius 1 is 0.968 bits per heavy atom. The summed E-state index contributed by atoms with van der Waals surface area (Å²) in [5.41, 5.74) is 4.88. The van der Waals surface area contributed by atoms with Gasteiger partial charge in [-0.15, -0.1) is 11.3 Å². The van der Waals surface area contributed by atoms with Crippen LogP contribution in [-0.2, 0) is 22.9 Å². The fraction of sp³-hybridized carbons (Fsp3) is 0.261. The first kappa shape index (κ1) is 21.5. The summed E-state index contributed by atoms with van der Waals surface area (Å²) in [5.74, 6) is -0.237. The van der Waals surface area contributed by atoms with Crippen molar-refractivity contribution in [2.45, 2.75) is 17.7 Å². The van der Waals surface area contributed by atoms with E-state index >= 15 is 0 Å². The highest BCUT2D eigenvalue weighted by atomic mass is 32.2. The van der Waals surface area contributed by atoms with Crippen molar-refractivity contribution in [3.05, 3.63) is 64.5 Å². The number of nitrogens with one attached hydrogen (secondary N) is 1. The maximum atomic E-state index is 13.1. The quantitative estimate of drug-likeness (QED) is 0.629. The van der Waals surface area contributed by atoms with Crippen LogP contribution in [0.1, 0.15) is 20.8 Å². The van der Waals surface area contributed by atoms with Crippen molar-refractivity contribution in [2.24, 2.45) is 0 Å². The average Bonchev–Trinajstić information content (AvgIpc) is 3.18. The normalized spacial score (nSPS) is 12.9. The smallest absolute Gasteiger partial charge is 0.265 e. The van der Waals surface area contributed by atoms with Crippen molar-refractivity contribution < 1.29 is 13.2 Å². The lowest BCUT2D eigenvalue weighted by atomic mass is 9.91. The lowest BCUT2D eigenvalue weighted by molar-refractivity contribution is 0.103. The highest BCUT2D eigenvalue weighted by Crippen LogP contribution is 2.40. The third-order valence-corrected chi connectivity index (χ3v) is 8.46. The largest absolute Gasteiger partial charge is 0.376 e. The summed E-state index contributed by atoms with van der Waals surface area (Å²) in [7, 11) is 3.07. The summed E-state index contributed by atoms with van der Waals surface area (Å²) < 4.78 is 26.3. The summed E-state index contributed by atoms with van der Waals surface area (Å²) in [5, 5.41) is 2.94. The van der Waals surface area contributed by atoms with E-state index in [-0.39, 0.29) is 10.8 Å². The van der Waals surface area contributed by atoms with Crippen LogP contribution in [0.4, 0.5) is 11.4 Å². The Balaban J connectivity index is 1.69. The highest BCUT2D eigenvalue weighted by Gasteiger charge is 2.23. The fourth-order valence-electron chi connectivity index (χ4n) is 3.74. The van der Waals surface area contributed by atoms with E-state index in [1.807, 2.05) is 37.2 Å². The number of hydrogen-bond donors (Lipinski definition) is 1. The minimum absolute atomic E-state index is 0.137. The van der Waals surface area contributed by atoms with Crippen LogP contribution in [-0.4, -0.2) is 46.8 Å². The molecular weight excluding hydrogens is 430 g/mol. The number of nitrogens with zero attached hydrogens (tertiary/aromatic N) is 2. The summed E-state index contributed by atoms with van der Waals surface area (Å²) in [4.78, 5) is 16.9. The lowest BCUT2D eigenvalue weighted by Crippen LogP contribution is -2.23. The molecule has 0 unspecified atom stereocenters. The zero-order valence-electron chi connectivity index (χ0n) is 18.0. The Kier molecular flexibility index (Phi) is 5.63. The van der Waals surface area contributed by atoms with Gasteiger partial charge >= 0.3 is 0 Å². The van der Waals surface area contributed by atoms with Gasteiger partial charge in [-0.25, -0.2) is 12.7 Å². The van der Waals surface area contributed by atoms with Crippen LogP contribution < -0.4 is 10.2 Å². The average molecular weight is 456 g/mol. The number of fused-ring (bicyclic) bond motifs is 3. The first-order valence-corrected chi connectivity index (χ1v) is 12.2. The number of hydrogen-bond acceptors (Lipinski definition) is 5. The van der Waals surface area contributed by atoms with Gasteiger partial charge in [0.25, 0.3) is 5.91 Å². The third-order valence-electron chi connectivity index (χ3n) is 5.44. The zero-order valence-corrected chi connectivity index (χ0v) is 19.6. The van der Waals surface area contributed by atoms with E-state index in [1.165, 1.54) is 48.2 Å². The van der Waals surface area contributed by atoms with E-state index in [0.29, 0.717) is 10.6 Å². The van der Waals surface area contributed by atoms with E-state index < -0.39 is 10.0 Å². The van der Waals surface area contributed by atoms with E-state index in [9.17, 15) is 13.2 Å². The molecule has 1 aliphatic carbocycles.